The number of amides is 1. The van der Waals surface area contributed by atoms with Crippen molar-refractivity contribution >= 4 is 17.3 Å². The number of likely N-dealkylation sites (N-methyl/N-ethyl adjacent to an activating group) is 1. The van der Waals surface area contributed by atoms with Gasteiger partial charge in [0.1, 0.15) is 5.75 Å². The van der Waals surface area contributed by atoms with Gasteiger partial charge in [0.15, 0.2) is 0 Å². The highest BCUT2D eigenvalue weighted by Gasteiger charge is 2.16. The number of ether oxygens (including phenoxy) is 1. The molecule has 1 N–H and O–H groups in total. The van der Waals surface area contributed by atoms with Crippen molar-refractivity contribution in [1.82, 2.24) is 0 Å². The van der Waals surface area contributed by atoms with Crippen molar-refractivity contribution in [2.24, 2.45) is 0 Å². The fourth-order valence-corrected chi connectivity index (χ4v) is 2.93. The Morgan fingerprint density at radius 1 is 1.26 bits per heavy atom. The minimum atomic E-state index is 0.0356. The molecule has 2 aromatic carbocycles. The Labute approximate surface area is 137 Å². The van der Waals surface area contributed by atoms with E-state index in [9.17, 15) is 4.79 Å². The van der Waals surface area contributed by atoms with E-state index in [0.717, 1.165) is 30.0 Å². The number of carbonyl (C=O) groups is 1. The average Bonchev–Trinajstić information content (AvgIpc) is 2.94. The molecule has 0 saturated heterocycles. The number of aryl methyl sites for hydroxylation is 1. The van der Waals surface area contributed by atoms with Gasteiger partial charge in [0, 0.05) is 31.4 Å². The van der Waals surface area contributed by atoms with Gasteiger partial charge < -0.3 is 15.0 Å². The summed E-state index contributed by atoms with van der Waals surface area (Å²) in [7, 11) is 3.73. The minimum Gasteiger partial charge on any atom is -0.497 e. The lowest BCUT2D eigenvalue weighted by molar-refractivity contribution is -0.116. The normalized spacial score (nSPS) is 12.9. The first-order chi connectivity index (χ1) is 11.2. The van der Waals surface area contributed by atoms with Crippen LogP contribution in [0.15, 0.2) is 42.5 Å². The molecule has 0 spiro atoms. The predicted molar refractivity (Wildman–Crippen MR) is 93.4 cm³/mol. The Kier molecular flexibility index (Phi) is 4.51. The molecule has 3 rings (SSSR count). The lowest BCUT2D eigenvalue weighted by atomic mass is 10.1. The Hall–Kier alpha value is -2.49. The number of nitrogens with zero attached hydrogens (tertiary/aromatic N) is 1. The predicted octanol–water partition coefficient (Wildman–Crippen LogP) is 3.26. The average molecular weight is 310 g/mol. The molecule has 1 aliphatic rings. The zero-order valence-electron chi connectivity index (χ0n) is 13.6. The second-order valence-corrected chi connectivity index (χ2v) is 5.91. The van der Waals surface area contributed by atoms with Gasteiger partial charge in [-0.2, -0.15) is 0 Å². The molecule has 0 radical (unpaired) electrons. The molecule has 4 nitrogen and oxygen atoms in total. The molecular weight excluding hydrogens is 288 g/mol. The largest absolute Gasteiger partial charge is 0.497 e. The van der Waals surface area contributed by atoms with E-state index in [0.29, 0.717) is 12.8 Å². The van der Waals surface area contributed by atoms with Gasteiger partial charge in [0.05, 0.1) is 7.11 Å². The quantitative estimate of drug-likeness (QED) is 0.921. The molecule has 0 aromatic heterocycles. The van der Waals surface area contributed by atoms with Crippen LogP contribution in [0.25, 0.3) is 0 Å². The number of nitrogens with one attached hydrogen (secondary N) is 1. The molecule has 1 heterocycles. The third-order valence-corrected chi connectivity index (χ3v) is 4.27. The van der Waals surface area contributed by atoms with Crippen molar-refractivity contribution in [1.29, 1.82) is 0 Å². The number of rotatable bonds is 5. The molecule has 120 valence electrons. The standard InChI is InChI=1S/C19H22N2O2/c1-21-11-10-15-7-8-16(13-18(15)21)20-19(22)9-6-14-4-3-5-17(12-14)23-2/h3-5,7-8,12-13H,6,9-11H2,1-2H3,(H,20,22). The highest BCUT2D eigenvalue weighted by molar-refractivity contribution is 5.91. The first kappa shape index (κ1) is 15.4. The zero-order chi connectivity index (χ0) is 16.2. The first-order valence-corrected chi connectivity index (χ1v) is 7.92. The van der Waals surface area contributed by atoms with Crippen molar-refractivity contribution in [3.8, 4) is 5.75 Å². The topological polar surface area (TPSA) is 41.6 Å². The molecule has 0 saturated carbocycles. The molecule has 4 heteroatoms. The van der Waals surface area contributed by atoms with Gasteiger partial charge in [-0.25, -0.2) is 0 Å². The lowest BCUT2D eigenvalue weighted by Gasteiger charge is -2.13. The van der Waals surface area contributed by atoms with Gasteiger partial charge in [-0.3, -0.25) is 4.79 Å². The third-order valence-electron chi connectivity index (χ3n) is 4.27. The zero-order valence-corrected chi connectivity index (χ0v) is 13.6. The summed E-state index contributed by atoms with van der Waals surface area (Å²) in [6.07, 6.45) is 2.24. The fourth-order valence-electron chi connectivity index (χ4n) is 2.93. The van der Waals surface area contributed by atoms with Crippen LogP contribution in [0.2, 0.25) is 0 Å². The number of methoxy groups -OCH3 is 1. The summed E-state index contributed by atoms with van der Waals surface area (Å²) in [6, 6.07) is 14.0. The molecule has 0 bridgehead atoms. The van der Waals surface area contributed by atoms with Crippen molar-refractivity contribution in [2.75, 3.05) is 30.9 Å². The van der Waals surface area contributed by atoms with E-state index < -0.39 is 0 Å². The summed E-state index contributed by atoms with van der Waals surface area (Å²) in [5.74, 6) is 0.859. The number of fused-ring (bicyclic) bond motifs is 1. The first-order valence-electron chi connectivity index (χ1n) is 7.92. The summed E-state index contributed by atoms with van der Waals surface area (Å²) in [6.45, 7) is 1.04. The second-order valence-electron chi connectivity index (χ2n) is 5.91. The maximum Gasteiger partial charge on any atom is 0.224 e. The van der Waals surface area contributed by atoms with Crippen LogP contribution in [0.5, 0.6) is 5.75 Å². The summed E-state index contributed by atoms with van der Waals surface area (Å²) in [5, 5.41) is 2.99. The van der Waals surface area contributed by atoms with Crippen LogP contribution in [0.1, 0.15) is 17.5 Å². The van der Waals surface area contributed by atoms with Crippen molar-refractivity contribution in [3.63, 3.8) is 0 Å². The number of benzene rings is 2. The van der Waals surface area contributed by atoms with Crippen LogP contribution >= 0.6 is 0 Å². The van der Waals surface area contributed by atoms with Crippen LogP contribution < -0.4 is 15.0 Å². The summed E-state index contributed by atoms with van der Waals surface area (Å²) >= 11 is 0. The maximum absolute atomic E-state index is 12.2. The monoisotopic (exact) mass is 310 g/mol. The molecule has 2 aromatic rings. The van der Waals surface area contributed by atoms with Crippen molar-refractivity contribution in [3.05, 3.63) is 53.6 Å². The van der Waals surface area contributed by atoms with Gasteiger partial charge in [0.2, 0.25) is 5.91 Å². The van der Waals surface area contributed by atoms with Gasteiger partial charge in [-0.05, 0) is 48.2 Å². The molecule has 0 atom stereocenters. The van der Waals surface area contributed by atoms with E-state index in [4.69, 9.17) is 4.74 Å². The molecule has 0 fully saturated rings. The van der Waals surface area contributed by atoms with E-state index in [1.807, 2.05) is 30.3 Å². The SMILES string of the molecule is COc1cccc(CCC(=O)Nc2ccc3c(c2)N(C)CC3)c1. The van der Waals surface area contributed by atoms with Crippen LogP contribution in [0, 0.1) is 0 Å². The number of hydrogen-bond acceptors (Lipinski definition) is 3. The van der Waals surface area contributed by atoms with Gasteiger partial charge in [0.25, 0.3) is 0 Å². The van der Waals surface area contributed by atoms with Gasteiger partial charge in [-0.15, -0.1) is 0 Å². The smallest absolute Gasteiger partial charge is 0.224 e. The van der Waals surface area contributed by atoms with Crippen molar-refractivity contribution < 1.29 is 9.53 Å². The Bertz CT molecular complexity index is 712. The third kappa shape index (κ3) is 3.65. The van der Waals surface area contributed by atoms with E-state index in [1.165, 1.54) is 11.3 Å². The van der Waals surface area contributed by atoms with Crippen LogP contribution in [0.3, 0.4) is 0 Å². The highest BCUT2D eigenvalue weighted by atomic mass is 16.5. The van der Waals surface area contributed by atoms with Crippen molar-refractivity contribution in [2.45, 2.75) is 19.3 Å². The molecule has 0 aliphatic carbocycles. The van der Waals surface area contributed by atoms with Crippen LogP contribution in [-0.4, -0.2) is 26.6 Å². The highest BCUT2D eigenvalue weighted by Crippen LogP contribution is 2.29. The van der Waals surface area contributed by atoms with Crippen LogP contribution in [0.4, 0.5) is 11.4 Å². The van der Waals surface area contributed by atoms with Gasteiger partial charge in [-0.1, -0.05) is 18.2 Å². The van der Waals surface area contributed by atoms with E-state index >= 15 is 0 Å². The summed E-state index contributed by atoms with van der Waals surface area (Å²) in [4.78, 5) is 14.4. The molecular formula is C19H22N2O2. The maximum atomic E-state index is 12.2. The number of hydrogen-bond donors (Lipinski definition) is 1. The fraction of sp³-hybridized carbons (Fsp3) is 0.316. The van der Waals surface area contributed by atoms with Crippen LogP contribution in [-0.2, 0) is 17.6 Å². The summed E-state index contributed by atoms with van der Waals surface area (Å²) in [5.41, 5.74) is 4.54. The Morgan fingerprint density at radius 3 is 2.96 bits per heavy atom. The Balaban J connectivity index is 1.58. The van der Waals surface area contributed by atoms with E-state index in [-0.39, 0.29) is 5.91 Å². The lowest BCUT2D eigenvalue weighted by Crippen LogP contribution is -2.14. The Morgan fingerprint density at radius 2 is 2.13 bits per heavy atom. The molecule has 23 heavy (non-hydrogen) atoms. The summed E-state index contributed by atoms with van der Waals surface area (Å²) < 4.78 is 5.20. The van der Waals surface area contributed by atoms with E-state index in [1.54, 1.807) is 7.11 Å². The minimum absolute atomic E-state index is 0.0356. The van der Waals surface area contributed by atoms with E-state index in [2.05, 4.69) is 29.4 Å². The molecule has 1 amide bonds. The number of anilines is 2. The molecule has 0 unspecified atom stereocenters. The second kappa shape index (κ2) is 6.73. The van der Waals surface area contributed by atoms with Gasteiger partial charge >= 0.3 is 0 Å². The number of carbonyl (C=O) groups excluding carboxylic acids is 1. The molecule has 1 aliphatic heterocycles.